The van der Waals surface area contributed by atoms with Gasteiger partial charge in [0.05, 0.1) is 16.8 Å². The summed E-state index contributed by atoms with van der Waals surface area (Å²) in [6.45, 7) is 1.92. The largest absolute Gasteiger partial charge is 0.350 e. The van der Waals surface area contributed by atoms with E-state index in [4.69, 9.17) is 11.6 Å². The zero-order chi connectivity index (χ0) is 18.4. The third-order valence-corrected chi connectivity index (χ3v) is 4.54. The highest BCUT2D eigenvalue weighted by atomic mass is 35.5. The van der Waals surface area contributed by atoms with Crippen LogP contribution in [-0.4, -0.2) is 26.6 Å². The number of carbonyl (C=O) groups excluding carboxylic acids is 1. The lowest BCUT2D eigenvalue weighted by molar-refractivity contribution is 0.0938. The van der Waals surface area contributed by atoms with Gasteiger partial charge in [-0.05, 0) is 43.5 Å². The van der Waals surface area contributed by atoms with Gasteiger partial charge < -0.3 is 5.32 Å². The standard InChI is InChI=1S/C18H21ClN2O3S/c1-13(8-9-14-6-4-3-5-7-14)20-18(22)16-12-15(10-11-17(16)19)21-25(2,23)24/h3-7,10-13,21H,8-9H2,1-2H3,(H,20,22)/t13-/m0/s1. The third kappa shape index (κ3) is 6.40. The van der Waals surface area contributed by atoms with Crippen molar-refractivity contribution in [3.63, 3.8) is 0 Å². The molecule has 0 spiro atoms. The highest BCUT2D eigenvalue weighted by Crippen LogP contribution is 2.21. The molecule has 5 nitrogen and oxygen atoms in total. The lowest BCUT2D eigenvalue weighted by atomic mass is 10.1. The highest BCUT2D eigenvalue weighted by molar-refractivity contribution is 7.92. The van der Waals surface area contributed by atoms with E-state index in [1.165, 1.54) is 23.8 Å². The van der Waals surface area contributed by atoms with Gasteiger partial charge in [0.2, 0.25) is 10.0 Å². The van der Waals surface area contributed by atoms with Crippen LogP contribution < -0.4 is 10.0 Å². The van der Waals surface area contributed by atoms with Gasteiger partial charge in [-0.3, -0.25) is 9.52 Å². The van der Waals surface area contributed by atoms with Crippen LogP contribution in [0.25, 0.3) is 0 Å². The Morgan fingerprint density at radius 1 is 1.16 bits per heavy atom. The number of aryl methyl sites for hydroxylation is 1. The number of hydrogen-bond donors (Lipinski definition) is 2. The third-order valence-electron chi connectivity index (χ3n) is 3.60. The van der Waals surface area contributed by atoms with Crippen LogP contribution in [0.5, 0.6) is 0 Å². The van der Waals surface area contributed by atoms with E-state index in [0.717, 1.165) is 19.1 Å². The van der Waals surface area contributed by atoms with Gasteiger partial charge in [-0.2, -0.15) is 0 Å². The van der Waals surface area contributed by atoms with Gasteiger partial charge in [-0.1, -0.05) is 41.9 Å². The minimum atomic E-state index is -3.42. The molecule has 134 valence electrons. The van der Waals surface area contributed by atoms with Gasteiger partial charge in [0.25, 0.3) is 5.91 Å². The summed E-state index contributed by atoms with van der Waals surface area (Å²) in [7, 11) is -3.42. The first kappa shape index (κ1) is 19.3. The molecular weight excluding hydrogens is 360 g/mol. The molecule has 1 atom stereocenters. The lowest BCUT2D eigenvalue weighted by Crippen LogP contribution is -2.33. The average molecular weight is 381 g/mol. The van der Waals surface area contributed by atoms with Crippen LogP contribution in [0.1, 0.15) is 29.3 Å². The quantitative estimate of drug-likeness (QED) is 0.772. The van der Waals surface area contributed by atoms with E-state index >= 15 is 0 Å². The highest BCUT2D eigenvalue weighted by Gasteiger charge is 2.15. The van der Waals surface area contributed by atoms with Crippen molar-refractivity contribution < 1.29 is 13.2 Å². The van der Waals surface area contributed by atoms with E-state index in [1.807, 2.05) is 37.3 Å². The van der Waals surface area contributed by atoms with Gasteiger partial charge >= 0.3 is 0 Å². The summed E-state index contributed by atoms with van der Waals surface area (Å²) < 4.78 is 25.0. The first-order valence-corrected chi connectivity index (χ1v) is 10.1. The molecule has 2 aromatic carbocycles. The van der Waals surface area contributed by atoms with Crippen LogP contribution in [0, 0.1) is 0 Å². The predicted octanol–water partition coefficient (Wildman–Crippen LogP) is 3.46. The van der Waals surface area contributed by atoms with Crippen molar-refractivity contribution in [2.45, 2.75) is 25.8 Å². The van der Waals surface area contributed by atoms with E-state index in [-0.39, 0.29) is 22.5 Å². The summed E-state index contributed by atoms with van der Waals surface area (Å²) in [4.78, 5) is 12.4. The fourth-order valence-electron chi connectivity index (χ4n) is 2.38. The molecule has 0 saturated heterocycles. The fraction of sp³-hybridized carbons (Fsp3) is 0.278. The molecule has 0 fully saturated rings. The van der Waals surface area contributed by atoms with Crippen molar-refractivity contribution in [3.8, 4) is 0 Å². The number of hydrogen-bond acceptors (Lipinski definition) is 3. The molecule has 0 unspecified atom stereocenters. The van der Waals surface area contributed by atoms with Crippen molar-refractivity contribution >= 4 is 33.2 Å². The topological polar surface area (TPSA) is 75.3 Å². The van der Waals surface area contributed by atoms with Gasteiger partial charge in [0.15, 0.2) is 0 Å². The SMILES string of the molecule is C[C@@H](CCc1ccccc1)NC(=O)c1cc(NS(C)(=O)=O)ccc1Cl. The van der Waals surface area contributed by atoms with E-state index in [2.05, 4.69) is 10.0 Å². The van der Waals surface area contributed by atoms with Crippen LogP contribution >= 0.6 is 11.6 Å². The van der Waals surface area contributed by atoms with Gasteiger partial charge in [-0.15, -0.1) is 0 Å². The summed E-state index contributed by atoms with van der Waals surface area (Å²) in [6.07, 6.45) is 2.69. The van der Waals surface area contributed by atoms with Crippen molar-refractivity contribution in [1.29, 1.82) is 0 Å². The number of carbonyl (C=O) groups is 1. The fourth-order valence-corrected chi connectivity index (χ4v) is 3.14. The second kappa shape index (κ2) is 8.36. The van der Waals surface area contributed by atoms with Crippen molar-refractivity contribution in [2.75, 3.05) is 11.0 Å². The first-order chi connectivity index (χ1) is 11.7. The van der Waals surface area contributed by atoms with Gasteiger partial charge in [-0.25, -0.2) is 8.42 Å². The summed E-state index contributed by atoms with van der Waals surface area (Å²) in [6, 6.07) is 14.4. The molecule has 0 bridgehead atoms. The molecule has 0 saturated carbocycles. The van der Waals surface area contributed by atoms with Crippen LogP contribution in [0.3, 0.4) is 0 Å². The number of rotatable bonds is 7. The normalized spacial score (nSPS) is 12.4. The average Bonchev–Trinajstić information content (AvgIpc) is 2.54. The molecule has 25 heavy (non-hydrogen) atoms. The molecule has 0 aliphatic carbocycles. The second-order valence-corrected chi connectivity index (χ2v) is 8.12. The molecule has 0 radical (unpaired) electrons. The molecular formula is C18H21ClN2O3S. The Bertz CT molecular complexity index is 839. The molecule has 7 heteroatoms. The molecule has 1 amide bonds. The van der Waals surface area contributed by atoms with Gasteiger partial charge in [0.1, 0.15) is 0 Å². The first-order valence-electron chi connectivity index (χ1n) is 7.87. The Kier molecular flexibility index (Phi) is 6.45. The Labute approximate surface area is 153 Å². The monoisotopic (exact) mass is 380 g/mol. The molecule has 2 aromatic rings. The molecule has 0 aromatic heterocycles. The number of sulfonamides is 1. The number of nitrogens with one attached hydrogen (secondary N) is 2. The van der Waals surface area contributed by atoms with Crippen LogP contribution in [0.4, 0.5) is 5.69 Å². The summed E-state index contributed by atoms with van der Waals surface area (Å²) in [5.74, 6) is -0.331. The van der Waals surface area contributed by atoms with E-state index in [9.17, 15) is 13.2 Å². The smallest absolute Gasteiger partial charge is 0.253 e. The molecule has 0 aliphatic rings. The zero-order valence-electron chi connectivity index (χ0n) is 14.1. The minimum absolute atomic E-state index is 0.0460. The number of amides is 1. The van der Waals surface area contributed by atoms with Crippen molar-refractivity contribution in [1.82, 2.24) is 5.32 Å². The van der Waals surface area contributed by atoms with Crippen LogP contribution in [0.15, 0.2) is 48.5 Å². The Morgan fingerprint density at radius 2 is 1.84 bits per heavy atom. The van der Waals surface area contributed by atoms with Crippen LogP contribution in [-0.2, 0) is 16.4 Å². The van der Waals surface area contributed by atoms with E-state index in [1.54, 1.807) is 0 Å². The van der Waals surface area contributed by atoms with E-state index < -0.39 is 10.0 Å². The van der Waals surface area contributed by atoms with Crippen molar-refractivity contribution in [3.05, 3.63) is 64.7 Å². The molecule has 0 heterocycles. The summed E-state index contributed by atoms with van der Waals surface area (Å²) in [5.41, 5.74) is 1.75. The van der Waals surface area contributed by atoms with Crippen LogP contribution in [0.2, 0.25) is 5.02 Å². The Morgan fingerprint density at radius 3 is 2.48 bits per heavy atom. The maximum absolute atomic E-state index is 12.4. The number of benzene rings is 2. The Hall–Kier alpha value is -2.05. The number of anilines is 1. The molecule has 0 aliphatic heterocycles. The van der Waals surface area contributed by atoms with E-state index in [0.29, 0.717) is 5.69 Å². The zero-order valence-corrected chi connectivity index (χ0v) is 15.7. The second-order valence-electron chi connectivity index (χ2n) is 5.97. The summed E-state index contributed by atoms with van der Waals surface area (Å²) in [5, 5.41) is 3.17. The summed E-state index contributed by atoms with van der Waals surface area (Å²) >= 11 is 6.08. The minimum Gasteiger partial charge on any atom is -0.350 e. The lowest BCUT2D eigenvalue weighted by Gasteiger charge is -2.15. The predicted molar refractivity (Wildman–Crippen MR) is 102 cm³/mol. The van der Waals surface area contributed by atoms with Gasteiger partial charge in [0, 0.05) is 11.7 Å². The maximum atomic E-state index is 12.4. The maximum Gasteiger partial charge on any atom is 0.253 e. The Balaban J connectivity index is 2.00. The number of halogens is 1. The van der Waals surface area contributed by atoms with Crippen molar-refractivity contribution in [2.24, 2.45) is 0 Å². The molecule has 2 rings (SSSR count). The molecule has 2 N–H and O–H groups in total.